The highest BCUT2D eigenvalue weighted by molar-refractivity contribution is 6.77. The van der Waals surface area contributed by atoms with E-state index in [0.29, 0.717) is 12.0 Å². The molecule has 0 aliphatic carbocycles. The van der Waals surface area contributed by atoms with Gasteiger partial charge in [0.05, 0.1) is 0 Å². The number of halogens is 3. The van der Waals surface area contributed by atoms with Crippen LogP contribution in [0.25, 0.3) is 0 Å². The third-order valence-corrected chi connectivity index (χ3v) is 3.52. The van der Waals surface area contributed by atoms with Gasteiger partial charge in [0.1, 0.15) is 0 Å². The summed E-state index contributed by atoms with van der Waals surface area (Å²) < 4.78 is -1.86. The predicted octanol–water partition coefficient (Wildman–Crippen LogP) is 4.11. The van der Waals surface area contributed by atoms with Crippen LogP contribution in [0.2, 0.25) is 0 Å². The van der Waals surface area contributed by atoms with Crippen LogP contribution in [0.1, 0.15) is 18.4 Å². The highest BCUT2D eigenvalue weighted by Crippen LogP contribution is 2.32. The summed E-state index contributed by atoms with van der Waals surface area (Å²) in [6.07, 6.45) is 3.38. The number of carbonyl (C=O) groups excluding carboxylic acids is 1. The molecule has 0 radical (unpaired) electrons. The number of alkyl halides is 3. The van der Waals surface area contributed by atoms with Crippen molar-refractivity contribution in [1.82, 2.24) is 4.90 Å². The van der Waals surface area contributed by atoms with Crippen LogP contribution >= 0.6 is 34.8 Å². The molecule has 0 spiro atoms. The van der Waals surface area contributed by atoms with E-state index >= 15 is 0 Å². The van der Waals surface area contributed by atoms with Gasteiger partial charge < -0.3 is 4.90 Å². The second-order valence-electron chi connectivity index (χ2n) is 4.54. The summed E-state index contributed by atoms with van der Waals surface area (Å²) >= 11 is 16.9. The predicted molar refractivity (Wildman–Crippen MR) is 79.5 cm³/mol. The van der Waals surface area contributed by atoms with E-state index in [1.807, 2.05) is 24.4 Å². The van der Waals surface area contributed by atoms with Crippen molar-refractivity contribution in [1.29, 1.82) is 0 Å². The number of nitrogens with zero attached hydrogens (tertiary/aromatic N) is 1. The third kappa shape index (κ3) is 4.13. The number of carbonyl (C=O) groups is 1. The van der Waals surface area contributed by atoms with Crippen LogP contribution in [0.4, 0.5) is 0 Å². The number of rotatable bonds is 3. The Hall–Kier alpha value is -0.700. The summed E-state index contributed by atoms with van der Waals surface area (Å²) in [5.74, 6) is -0.421. The molecule has 1 aromatic rings. The Morgan fingerprint density at radius 2 is 1.89 bits per heavy atom. The van der Waals surface area contributed by atoms with Crippen molar-refractivity contribution in [2.45, 2.75) is 23.2 Å². The first-order valence-corrected chi connectivity index (χ1v) is 7.20. The van der Waals surface area contributed by atoms with Gasteiger partial charge in [-0.2, -0.15) is 0 Å². The number of ketones is 1. The van der Waals surface area contributed by atoms with Crippen molar-refractivity contribution >= 4 is 40.6 Å². The topological polar surface area (TPSA) is 20.3 Å². The van der Waals surface area contributed by atoms with Crippen LogP contribution in [0.5, 0.6) is 0 Å². The maximum Gasteiger partial charge on any atom is 0.253 e. The summed E-state index contributed by atoms with van der Waals surface area (Å²) in [6.45, 7) is 1.67. The first-order chi connectivity index (χ1) is 8.97. The molecule has 0 bridgehead atoms. The molecule has 0 atom stereocenters. The molecule has 0 amide bonds. The summed E-state index contributed by atoms with van der Waals surface area (Å²) in [6, 6.07) is 10.1. The Balaban J connectivity index is 2.09. The van der Waals surface area contributed by atoms with Gasteiger partial charge in [-0.25, -0.2) is 0 Å². The molecule has 5 heteroatoms. The van der Waals surface area contributed by atoms with Crippen LogP contribution in [0.15, 0.2) is 42.1 Å². The lowest BCUT2D eigenvalue weighted by Gasteiger charge is -2.27. The molecule has 1 aromatic carbocycles. The van der Waals surface area contributed by atoms with Crippen LogP contribution < -0.4 is 0 Å². The van der Waals surface area contributed by atoms with E-state index < -0.39 is 9.58 Å². The van der Waals surface area contributed by atoms with E-state index in [9.17, 15) is 4.79 Å². The Kier molecular flexibility index (Phi) is 4.77. The molecular weight excluding hydrogens is 305 g/mol. The molecule has 2 rings (SSSR count). The number of allylic oxidation sites excluding steroid dienone is 1. The highest BCUT2D eigenvalue weighted by atomic mass is 35.6. The summed E-state index contributed by atoms with van der Waals surface area (Å²) in [4.78, 5) is 14.0. The molecule has 0 aromatic heterocycles. The molecule has 0 fully saturated rings. The molecule has 1 heterocycles. The fourth-order valence-electron chi connectivity index (χ4n) is 2.12. The molecular formula is C14H14Cl3NO. The number of benzene rings is 1. The minimum Gasteiger partial charge on any atom is -0.373 e. The van der Waals surface area contributed by atoms with E-state index in [2.05, 4.69) is 17.0 Å². The lowest BCUT2D eigenvalue weighted by Crippen LogP contribution is -2.29. The molecule has 102 valence electrons. The van der Waals surface area contributed by atoms with Gasteiger partial charge in [0, 0.05) is 24.9 Å². The number of hydrogen-bond acceptors (Lipinski definition) is 2. The van der Waals surface area contributed by atoms with E-state index in [1.165, 1.54) is 5.56 Å². The van der Waals surface area contributed by atoms with Crippen LogP contribution in [0.3, 0.4) is 0 Å². The lowest BCUT2D eigenvalue weighted by atomic mass is 10.0. The maximum atomic E-state index is 11.9. The minimum atomic E-state index is -1.86. The molecule has 2 nitrogen and oxygen atoms in total. The zero-order valence-corrected chi connectivity index (χ0v) is 12.5. The molecule has 1 aliphatic rings. The van der Waals surface area contributed by atoms with Gasteiger partial charge in [-0.3, -0.25) is 4.79 Å². The Morgan fingerprint density at radius 3 is 2.53 bits per heavy atom. The summed E-state index contributed by atoms with van der Waals surface area (Å²) in [7, 11) is 0. The summed E-state index contributed by atoms with van der Waals surface area (Å²) in [5.41, 5.74) is 1.78. The monoisotopic (exact) mass is 317 g/mol. The average molecular weight is 319 g/mol. The number of hydrogen-bond donors (Lipinski definition) is 0. The molecule has 0 saturated heterocycles. The van der Waals surface area contributed by atoms with E-state index in [0.717, 1.165) is 19.5 Å². The van der Waals surface area contributed by atoms with Crippen LogP contribution in [0, 0.1) is 0 Å². The minimum absolute atomic E-state index is 0.421. The Labute approximate surface area is 127 Å². The highest BCUT2D eigenvalue weighted by Gasteiger charge is 2.34. The normalized spacial score (nSPS) is 16.2. The van der Waals surface area contributed by atoms with E-state index in [1.54, 1.807) is 0 Å². The molecule has 0 saturated carbocycles. The Morgan fingerprint density at radius 1 is 1.21 bits per heavy atom. The van der Waals surface area contributed by atoms with Crippen molar-refractivity contribution in [2.24, 2.45) is 0 Å². The van der Waals surface area contributed by atoms with E-state index in [-0.39, 0.29) is 0 Å². The van der Waals surface area contributed by atoms with Gasteiger partial charge in [-0.15, -0.1) is 0 Å². The molecule has 0 N–H and O–H groups in total. The smallest absolute Gasteiger partial charge is 0.253 e. The first-order valence-electron chi connectivity index (χ1n) is 6.07. The Bertz CT molecular complexity index is 479. The third-order valence-electron chi connectivity index (χ3n) is 3.01. The second kappa shape index (κ2) is 6.17. The van der Waals surface area contributed by atoms with Crippen molar-refractivity contribution in [3.8, 4) is 0 Å². The van der Waals surface area contributed by atoms with Crippen molar-refractivity contribution in [3.05, 3.63) is 47.7 Å². The largest absolute Gasteiger partial charge is 0.373 e. The fraction of sp³-hybridized carbons (Fsp3) is 0.357. The van der Waals surface area contributed by atoms with Crippen LogP contribution in [-0.4, -0.2) is 21.0 Å². The second-order valence-corrected chi connectivity index (χ2v) is 6.82. The zero-order valence-electron chi connectivity index (χ0n) is 10.3. The van der Waals surface area contributed by atoms with Crippen molar-refractivity contribution in [3.63, 3.8) is 0 Å². The fourth-order valence-corrected chi connectivity index (χ4v) is 2.48. The zero-order chi connectivity index (χ0) is 13.9. The van der Waals surface area contributed by atoms with E-state index in [4.69, 9.17) is 34.8 Å². The van der Waals surface area contributed by atoms with Gasteiger partial charge in [-0.05, 0) is 18.4 Å². The summed E-state index contributed by atoms with van der Waals surface area (Å²) in [5, 5.41) is 0. The average Bonchev–Trinajstić information content (AvgIpc) is 2.38. The van der Waals surface area contributed by atoms with Gasteiger partial charge in [0.15, 0.2) is 0 Å². The van der Waals surface area contributed by atoms with Gasteiger partial charge >= 0.3 is 0 Å². The molecule has 1 aliphatic heterocycles. The first kappa shape index (κ1) is 14.7. The number of Topliss-reactive ketones (excluding diaryl/α,β-unsaturated/α-hetero) is 1. The van der Waals surface area contributed by atoms with Gasteiger partial charge in [0.2, 0.25) is 5.78 Å². The van der Waals surface area contributed by atoms with Gasteiger partial charge in [-0.1, -0.05) is 65.1 Å². The quantitative estimate of drug-likeness (QED) is 0.782. The van der Waals surface area contributed by atoms with Gasteiger partial charge in [0.25, 0.3) is 3.79 Å². The SMILES string of the molecule is O=C(C1=CN(Cc2ccccc2)CCC1)C(Cl)(Cl)Cl. The van der Waals surface area contributed by atoms with Crippen molar-refractivity contribution < 1.29 is 4.79 Å². The maximum absolute atomic E-state index is 11.9. The van der Waals surface area contributed by atoms with Crippen molar-refractivity contribution in [2.75, 3.05) is 6.54 Å². The standard InChI is InChI=1S/C14H14Cl3NO/c15-14(16,17)13(19)12-7-4-8-18(10-12)9-11-5-2-1-3-6-11/h1-3,5-6,10H,4,7-9H2. The molecule has 19 heavy (non-hydrogen) atoms. The molecule has 0 unspecified atom stereocenters. The lowest BCUT2D eigenvalue weighted by molar-refractivity contribution is -0.115. The van der Waals surface area contributed by atoms with Crippen LogP contribution in [-0.2, 0) is 11.3 Å².